The summed E-state index contributed by atoms with van der Waals surface area (Å²) >= 11 is 12.2. The molecular formula is C15H18Cl2N2O2. The third-order valence-electron chi connectivity index (χ3n) is 3.61. The van der Waals surface area contributed by atoms with Crippen molar-refractivity contribution in [3.8, 4) is 0 Å². The normalized spacial score (nSPS) is 22.7. The van der Waals surface area contributed by atoms with E-state index in [-0.39, 0.29) is 17.7 Å². The van der Waals surface area contributed by atoms with Crippen molar-refractivity contribution in [1.29, 1.82) is 0 Å². The first-order valence-corrected chi connectivity index (χ1v) is 7.71. The molecule has 2 unspecified atom stereocenters. The second kappa shape index (κ2) is 6.24. The molecule has 0 spiro atoms. The van der Waals surface area contributed by atoms with Crippen molar-refractivity contribution in [2.75, 3.05) is 4.90 Å². The van der Waals surface area contributed by atoms with Crippen molar-refractivity contribution in [2.45, 2.75) is 39.3 Å². The van der Waals surface area contributed by atoms with Crippen LogP contribution < -0.4 is 10.2 Å². The van der Waals surface area contributed by atoms with E-state index in [1.807, 2.05) is 20.8 Å². The van der Waals surface area contributed by atoms with Gasteiger partial charge in [0.2, 0.25) is 11.8 Å². The number of piperazine rings is 1. The van der Waals surface area contributed by atoms with E-state index in [1.54, 1.807) is 18.2 Å². The Morgan fingerprint density at radius 3 is 2.52 bits per heavy atom. The molecule has 6 heteroatoms. The molecule has 0 aliphatic carbocycles. The van der Waals surface area contributed by atoms with Crippen molar-refractivity contribution < 1.29 is 9.59 Å². The number of halogens is 2. The lowest BCUT2D eigenvalue weighted by atomic mass is 9.95. The van der Waals surface area contributed by atoms with Crippen LogP contribution in [0.4, 0.5) is 5.69 Å². The van der Waals surface area contributed by atoms with Crippen LogP contribution in [0.3, 0.4) is 0 Å². The minimum atomic E-state index is -0.587. The Balaban J connectivity index is 2.55. The van der Waals surface area contributed by atoms with Gasteiger partial charge in [-0.15, -0.1) is 0 Å². The van der Waals surface area contributed by atoms with E-state index in [4.69, 9.17) is 23.2 Å². The van der Waals surface area contributed by atoms with Crippen LogP contribution in [0.15, 0.2) is 18.2 Å². The molecule has 0 saturated carbocycles. The summed E-state index contributed by atoms with van der Waals surface area (Å²) in [7, 11) is 0. The van der Waals surface area contributed by atoms with E-state index >= 15 is 0 Å². The number of carbonyl (C=O) groups is 2. The van der Waals surface area contributed by atoms with Crippen LogP contribution in [-0.4, -0.2) is 23.9 Å². The lowest BCUT2D eigenvalue weighted by Crippen LogP contribution is -2.65. The van der Waals surface area contributed by atoms with E-state index in [1.165, 1.54) is 4.90 Å². The van der Waals surface area contributed by atoms with Crippen molar-refractivity contribution in [1.82, 2.24) is 5.32 Å². The predicted octanol–water partition coefficient (Wildman–Crippen LogP) is 3.26. The maximum absolute atomic E-state index is 12.7. The first-order chi connectivity index (χ1) is 9.86. The Kier molecular flexibility index (Phi) is 4.79. The Morgan fingerprint density at radius 1 is 1.29 bits per heavy atom. The fraction of sp³-hybridized carbons (Fsp3) is 0.467. The molecule has 1 aromatic rings. The summed E-state index contributed by atoms with van der Waals surface area (Å²) in [5.41, 5.74) is 0.487. The van der Waals surface area contributed by atoms with Crippen molar-refractivity contribution >= 4 is 40.7 Å². The van der Waals surface area contributed by atoms with Crippen LogP contribution in [-0.2, 0) is 9.59 Å². The first-order valence-electron chi connectivity index (χ1n) is 6.95. The van der Waals surface area contributed by atoms with Gasteiger partial charge in [-0.2, -0.15) is 0 Å². The smallest absolute Gasteiger partial charge is 0.250 e. The largest absolute Gasteiger partial charge is 0.342 e. The summed E-state index contributed by atoms with van der Waals surface area (Å²) in [6.07, 6.45) is 0.532. The monoisotopic (exact) mass is 328 g/mol. The maximum Gasteiger partial charge on any atom is 0.250 e. The average Bonchev–Trinajstić information content (AvgIpc) is 2.43. The van der Waals surface area contributed by atoms with Gasteiger partial charge >= 0.3 is 0 Å². The van der Waals surface area contributed by atoms with E-state index in [0.29, 0.717) is 22.2 Å². The van der Waals surface area contributed by atoms with Gasteiger partial charge in [-0.05, 0) is 30.5 Å². The van der Waals surface area contributed by atoms with E-state index in [0.717, 1.165) is 0 Å². The highest BCUT2D eigenvalue weighted by molar-refractivity contribution is 6.36. The third kappa shape index (κ3) is 3.01. The average molecular weight is 329 g/mol. The lowest BCUT2D eigenvalue weighted by molar-refractivity contribution is -0.134. The maximum atomic E-state index is 12.7. The number of nitrogens with one attached hydrogen (secondary N) is 1. The molecule has 1 fully saturated rings. The minimum absolute atomic E-state index is 0.0400. The van der Waals surface area contributed by atoms with Crippen LogP contribution >= 0.6 is 23.2 Å². The highest BCUT2D eigenvalue weighted by atomic mass is 35.5. The number of carbonyl (C=O) groups excluding carboxylic acids is 2. The Hall–Kier alpha value is -1.26. The van der Waals surface area contributed by atoms with Gasteiger partial charge < -0.3 is 5.32 Å². The summed E-state index contributed by atoms with van der Waals surface area (Å²) in [6.45, 7) is 5.65. The Labute approximate surface area is 134 Å². The van der Waals surface area contributed by atoms with E-state index in [9.17, 15) is 9.59 Å². The number of anilines is 1. The molecule has 1 aliphatic heterocycles. The predicted molar refractivity (Wildman–Crippen MR) is 84.8 cm³/mol. The molecule has 0 radical (unpaired) electrons. The molecule has 2 atom stereocenters. The minimum Gasteiger partial charge on any atom is -0.342 e. The van der Waals surface area contributed by atoms with Crippen LogP contribution in [0.5, 0.6) is 0 Å². The zero-order valence-corrected chi connectivity index (χ0v) is 13.7. The molecule has 1 heterocycles. The second-order valence-electron chi connectivity index (χ2n) is 5.46. The molecule has 0 aromatic heterocycles. The first kappa shape index (κ1) is 16.1. The van der Waals surface area contributed by atoms with Gasteiger partial charge in [0, 0.05) is 5.02 Å². The van der Waals surface area contributed by atoms with Crippen molar-refractivity contribution in [3.05, 3.63) is 28.2 Å². The number of rotatable bonds is 3. The van der Waals surface area contributed by atoms with E-state index < -0.39 is 12.1 Å². The van der Waals surface area contributed by atoms with Crippen LogP contribution in [0.25, 0.3) is 0 Å². The molecule has 2 rings (SSSR count). The number of benzene rings is 1. The molecule has 0 bridgehead atoms. The van der Waals surface area contributed by atoms with Gasteiger partial charge in [0.15, 0.2) is 0 Å². The quantitative estimate of drug-likeness (QED) is 0.925. The molecule has 4 nitrogen and oxygen atoms in total. The summed E-state index contributed by atoms with van der Waals surface area (Å²) in [5, 5.41) is 3.66. The molecule has 1 saturated heterocycles. The lowest BCUT2D eigenvalue weighted by Gasteiger charge is -2.41. The third-order valence-corrected chi connectivity index (χ3v) is 4.16. The molecule has 1 aliphatic rings. The second-order valence-corrected chi connectivity index (χ2v) is 6.31. The zero-order chi connectivity index (χ0) is 15.7. The van der Waals surface area contributed by atoms with Gasteiger partial charge in [0.25, 0.3) is 0 Å². The van der Waals surface area contributed by atoms with Crippen molar-refractivity contribution in [2.24, 2.45) is 5.92 Å². The van der Waals surface area contributed by atoms with E-state index in [2.05, 4.69) is 5.32 Å². The van der Waals surface area contributed by atoms with Crippen molar-refractivity contribution in [3.63, 3.8) is 0 Å². The Morgan fingerprint density at radius 2 is 1.95 bits per heavy atom. The molecule has 2 amide bonds. The van der Waals surface area contributed by atoms with Gasteiger partial charge in [0.05, 0.1) is 10.7 Å². The SMILES string of the molecule is CCC1NC(=O)C(C(C)C)N(c2cc(Cl)ccc2Cl)C1=O. The molecular weight excluding hydrogens is 311 g/mol. The summed E-state index contributed by atoms with van der Waals surface area (Å²) < 4.78 is 0. The summed E-state index contributed by atoms with van der Waals surface area (Å²) in [6, 6.07) is 3.81. The molecule has 114 valence electrons. The molecule has 1 N–H and O–H groups in total. The van der Waals surface area contributed by atoms with Gasteiger partial charge in [-0.1, -0.05) is 44.0 Å². The number of hydrogen-bond acceptors (Lipinski definition) is 2. The van der Waals surface area contributed by atoms with Crippen LogP contribution in [0.1, 0.15) is 27.2 Å². The van der Waals surface area contributed by atoms with Crippen LogP contribution in [0, 0.1) is 5.92 Å². The van der Waals surface area contributed by atoms with Gasteiger partial charge in [0.1, 0.15) is 12.1 Å². The Bertz CT molecular complexity index is 575. The summed E-state index contributed by atoms with van der Waals surface area (Å²) in [4.78, 5) is 26.5. The standard InChI is InChI=1S/C15H18Cl2N2O2/c1-4-11-15(21)19(13(8(2)3)14(20)18-11)12-7-9(16)5-6-10(12)17/h5-8,11,13H,4H2,1-3H3,(H,18,20). The fourth-order valence-electron chi connectivity index (χ4n) is 2.56. The number of nitrogens with zero attached hydrogens (tertiary/aromatic N) is 1. The molecule has 1 aromatic carbocycles. The van der Waals surface area contributed by atoms with Gasteiger partial charge in [-0.25, -0.2) is 0 Å². The fourth-order valence-corrected chi connectivity index (χ4v) is 2.93. The number of hydrogen-bond donors (Lipinski definition) is 1. The molecule has 21 heavy (non-hydrogen) atoms. The highest BCUT2D eigenvalue weighted by Crippen LogP contribution is 2.34. The number of amides is 2. The van der Waals surface area contributed by atoms with Gasteiger partial charge in [-0.3, -0.25) is 14.5 Å². The zero-order valence-electron chi connectivity index (χ0n) is 12.2. The van der Waals surface area contributed by atoms with Crippen LogP contribution in [0.2, 0.25) is 10.0 Å². The highest BCUT2D eigenvalue weighted by Gasteiger charge is 2.42. The summed E-state index contributed by atoms with van der Waals surface area (Å²) in [5.74, 6) is -0.353. The topological polar surface area (TPSA) is 49.4 Å².